The standard InChI is InChI=1S/C23H20ClN7O/c1-3-25-23(32)16-8-7-15(14-5-4-10-26-21(14)16)22-28-19(31(2)30-22)11-13-6-9-18-17(20(13)24)12-27-29-18/h4-10,12H,3,11H2,1-2H3,(H,25,32)(H,27,29). The van der Waals surface area contributed by atoms with E-state index in [2.05, 4.69) is 25.6 Å². The number of amides is 1. The molecule has 5 aromatic rings. The van der Waals surface area contributed by atoms with Crippen LogP contribution >= 0.6 is 11.6 Å². The Morgan fingerprint density at radius 3 is 2.91 bits per heavy atom. The lowest BCUT2D eigenvalue weighted by Crippen LogP contribution is -2.23. The molecule has 160 valence electrons. The topological polar surface area (TPSA) is 101 Å². The van der Waals surface area contributed by atoms with Gasteiger partial charge in [0.05, 0.1) is 27.8 Å². The molecule has 0 aliphatic rings. The molecule has 2 aromatic carbocycles. The van der Waals surface area contributed by atoms with Crippen LogP contribution in [0.2, 0.25) is 5.02 Å². The van der Waals surface area contributed by atoms with Gasteiger partial charge in [0.15, 0.2) is 5.82 Å². The fourth-order valence-corrected chi connectivity index (χ4v) is 4.11. The van der Waals surface area contributed by atoms with E-state index in [1.807, 2.05) is 44.3 Å². The van der Waals surface area contributed by atoms with Crippen LogP contribution in [0.3, 0.4) is 0 Å². The first-order valence-electron chi connectivity index (χ1n) is 10.2. The maximum Gasteiger partial charge on any atom is 0.253 e. The lowest BCUT2D eigenvalue weighted by atomic mass is 10.0. The van der Waals surface area contributed by atoms with E-state index in [1.165, 1.54) is 0 Å². The highest BCUT2D eigenvalue weighted by atomic mass is 35.5. The molecule has 3 heterocycles. The molecule has 0 aliphatic carbocycles. The van der Waals surface area contributed by atoms with E-state index in [0.29, 0.717) is 34.9 Å². The van der Waals surface area contributed by atoms with Crippen molar-refractivity contribution in [3.63, 3.8) is 0 Å². The van der Waals surface area contributed by atoms with Crippen molar-refractivity contribution in [3.05, 3.63) is 70.8 Å². The number of rotatable bonds is 5. The van der Waals surface area contributed by atoms with Crippen LogP contribution in [-0.4, -0.2) is 42.4 Å². The maximum atomic E-state index is 12.5. The van der Waals surface area contributed by atoms with Crippen molar-refractivity contribution >= 4 is 39.3 Å². The second-order valence-electron chi connectivity index (χ2n) is 7.44. The van der Waals surface area contributed by atoms with Crippen molar-refractivity contribution in [2.24, 2.45) is 7.05 Å². The number of benzene rings is 2. The molecule has 0 saturated heterocycles. The first-order valence-corrected chi connectivity index (χ1v) is 10.6. The van der Waals surface area contributed by atoms with Gasteiger partial charge in [-0.2, -0.15) is 10.2 Å². The largest absolute Gasteiger partial charge is 0.352 e. The number of aromatic amines is 1. The number of nitrogens with one attached hydrogen (secondary N) is 2. The lowest BCUT2D eigenvalue weighted by Gasteiger charge is -2.08. The number of halogens is 1. The average molecular weight is 446 g/mol. The Morgan fingerprint density at radius 1 is 1.19 bits per heavy atom. The van der Waals surface area contributed by atoms with Crippen LogP contribution in [0.5, 0.6) is 0 Å². The Balaban J connectivity index is 1.55. The molecular formula is C23H20ClN7O. The van der Waals surface area contributed by atoms with Gasteiger partial charge in [0.2, 0.25) is 0 Å². The zero-order valence-electron chi connectivity index (χ0n) is 17.6. The smallest absolute Gasteiger partial charge is 0.253 e. The molecule has 1 amide bonds. The van der Waals surface area contributed by atoms with Crippen LogP contribution in [0.25, 0.3) is 33.2 Å². The number of aromatic nitrogens is 6. The number of aryl methyl sites for hydroxylation is 1. The zero-order valence-corrected chi connectivity index (χ0v) is 18.3. The second-order valence-corrected chi connectivity index (χ2v) is 7.82. The number of H-pyrrole nitrogens is 1. The van der Waals surface area contributed by atoms with Gasteiger partial charge in [-0.1, -0.05) is 23.7 Å². The number of nitrogens with zero attached hydrogens (tertiary/aromatic N) is 5. The van der Waals surface area contributed by atoms with Gasteiger partial charge in [-0.3, -0.25) is 19.6 Å². The van der Waals surface area contributed by atoms with E-state index >= 15 is 0 Å². The summed E-state index contributed by atoms with van der Waals surface area (Å²) in [6.45, 7) is 2.44. The molecule has 5 rings (SSSR count). The SMILES string of the molecule is CCNC(=O)c1ccc(-c2nc(Cc3ccc4[nH]ncc4c3Cl)n(C)n2)c2cccnc12. The normalized spacial score (nSPS) is 11.3. The summed E-state index contributed by atoms with van der Waals surface area (Å²) >= 11 is 6.60. The highest BCUT2D eigenvalue weighted by molar-refractivity contribution is 6.36. The van der Waals surface area contributed by atoms with Crippen LogP contribution < -0.4 is 5.32 Å². The second kappa shape index (κ2) is 8.05. The van der Waals surface area contributed by atoms with Gasteiger partial charge < -0.3 is 5.32 Å². The van der Waals surface area contributed by atoms with E-state index in [-0.39, 0.29) is 5.91 Å². The van der Waals surface area contributed by atoms with Crippen LogP contribution in [0, 0.1) is 0 Å². The van der Waals surface area contributed by atoms with Crippen LogP contribution in [0.1, 0.15) is 28.7 Å². The zero-order chi connectivity index (χ0) is 22.2. The molecular weight excluding hydrogens is 426 g/mol. The third kappa shape index (κ3) is 3.38. The third-order valence-electron chi connectivity index (χ3n) is 5.43. The van der Waals surface area contributed by atoms with Crippen LogP contribution in [0.4, 0.5) is 0 Å². The summed E-state index contributed by atoms with van der Waals surface area (Å²) < 4.78 is 1.76. The third-order valence-corrected chi connectivity index (χ3v) is 5.88. The van der Waals surface area contributed by atoms with Gasteiger partial charge >= 0.3 is 0 Å². The van der Waals surface area contributed by atoms with Gasteiger partial charge in [-0.15, -0.1) is 0 Å². The highest BCUT2D eigenvalue weighted by Crippen LogP contribution is 2.30. The number of hydrogen-bond donors (Lipinski definition) is 2. The predicted molar refractivity (Wildman–Crippen MR) is 124 cm³/mol. The Bertz CT molecular complexity index is 1470. The minimum absolute atomic E-state index is 0.151. The summed E-state index contributed by atoms with van der Waals surface area (Å²) in [4.78, 5) is 21.7. The lowest BCUT2D eigenvalue weighted by molar-refractivity contribution is 0.0957. The molecule has 0 fully saturated rings. The van der Waals surface area contributed by atoms with Gasteiger partial charge in [0.1, 0.15) is 5.82 Å². The molecule has 0 spiro atoms. The molecule has 32 heavy (non-hydrogen) atoms. The first-order chi connectivity index (χ1) is 15.6. The van der Waals surface area contributed by atoms with E-state index in [4.69, 9.17) is 16.6 Å². The van der Waals surface area contributed by atoms with Crippen molar-refractivity contribution in [1.29, 1.82) is 0 Å². The van der Waals surface area contributed by atoms with E-state index in [0.717, 1.165) is 33.2 Å². The van der Waals surface area contributed by atoms with Crippen molar-refractivity contribution in [2.75, 3.05) is 6.54 Å². The fraction of sp³-hybridized carbons (Fsp3) is 0.174. The number of hydrogen-bond acceptors (Lipinski definition) is 5. The molecule has 9 heteroatoms. The highest BCUT2D eigenvalue weighted by Gasteiger charge is 2.18. The van der Waals surface area contributed by atoms with Gasteiger partial charge in [0.25, 0.3) is 5.91 Å². The minimum atomic E-state index is -0.151. The van der Waals surface area contributed by atoms with Crippen molar-refractivity contribution in [2.45, 2.75) is 13.3 Å². The van der Waals surface area contributed by atoms with Crippen molar-refractivity contribution < 1.29 is 4.79 Å². The summed E-state index contributed by atoms with van der Waals surface area (Å²) in [6, 6.07) is 11.3. The van der Waals surface area contributed by atoms with Crippen LogP contribution in [-0.2, 0) is 13.5 Å². The van der Waals surface area contributed by atoms with Crippen molar-refractivity contribution in [3.8, 4) is 11.4 Å². The Morgan fingerprint density at radius 2 is 2.06 bits per heavy atom. The summed E-state index contributed by atoms with van der Waals surface area (Å²) in [6.07, 6.45) is 3.93. The molecule has 2 N–H and O–H groups in total. The van der Waals surface area contributed by atoms with Gasteiger partial charge in [-0.05, 0) is 36.8 Å². The summed E-state index contributed by atoms with van der Waals surface area (Å²) in [7, 11) is 1.86. The Labute approximate surface area is 188 Å². The first kappa shape index (κ1) is 20.1. The predicted octanol–water partition coefficient (Wildman–Crippen LogP) is 3.90. The molecule has 0 atom stereocenters. The fourth-order valence-electron chi connectivity index (χ4n) is 3.83. The maximum absolute atomic E-state index is 12.5. The molecule has 3 aromatic heterocycles. The van der Waals surface area contributed by atoms with E-state index in [9.17, 15) is 4.79 Å². The average Bonchev–Trinajstić information content (AvgIpc) is 3.42. The van der Waals surface area contributed by atoms with Crippen molar-refractivity contribution in [1.82, 2.24) is 35.3 Å². The molecule has 0 unspecified atom stereocenters. The number of carbonyl (C=O) groups excluding carboxylic acids is 1. The quantitative estimate of drug-likeness (QED) is 0.427. The summed E-state index contributed by atoms with van der Waals surface area (Å²) in [5.41, 5.74) is 3.81. The number of fused-ring (bicyclic) bond motifs is 2. The van der Waals surface area contributed by atoms with E-state index < -0.39 is 0 Å². The molecule has 0 radical (unpaired) electrons. The Kier molecular flexibility index (Phi) is 5.07. The number of pyridine rings is 1. The number of carbonyl (C=O) groups is 1. The minimum Gasteiger partial charge on any atom is -0.352 e. The molecule has 8 nitrogen and oxygen atoms in total. The summed E-state index contributed by atoms with van der Waals surface area (Å²) in [5, 5.41) is 16.8. The van der Waals surface area contributed by atoms with Crippen LogP contribution in [0.15, 0.2) is 48.8 Å². The molecule has 0 aliphatic heterocycles. The monoisotopic (exact) mass is 445 g/mol. The molecule has 0 saturated carbocycles. The van der Waals surface area contributed by atoms with Gasteiger partial charge in [0, 0.05) is 42.5 Å². The molecule has 0 bridgehead atoms. The van der Waals surface area contributed by atoms with Gasteiger partial charge in [-0.25, -0.2) is 4.98 Å². The summed E-state index contributed by atoms with van der Waals surface area (Å²) in [5.74, 6) is 1.19. The Hall–Kier alpha value is -3.78. The van der Waals surface area contributed by atoms with E-state index in [1.54, 1.807) is 23.1 Å².